The number of hydrogen-bond acceptors (Lipinski definition) is 5. The molecule has 7 nitrogen and oxygen atoms in total. The number of amides is 1. The largest absolute Gasteiger partial charge is 0.482 e. The van der Waals surface area contributed by atoms with E-state index in [1.54, 1.807) is 29.3 Å². The molecule has 4 aromatic rings. The topological polar surface area (TPSA) is 71.8 Å². The Morgan fingerprint density at radius 2 is 1.39 bits per heavy atom. The second-order valence-corrected chi connectivity index (χ2v) is 8.89. The molecule has 0 spiro atoms. The van der Waals surface area contributed by atoms with Gasteiger partial charge in [-0.3, -0.25) is 24.1 Å². The van der Waals surface area contributed by atoms with Gasteiger partial charge in [-0.2, -0.15) is 0 Å². The van der Waals surface area contributed by atoms with Gasteiger partial charge in [0.1, 0.15) is 24.9 Å². The summed E-state index contributed by atoms with van der Waals surface area (Å²) >= 11 is 0. The fraction of sp³-hybridized carbons (Fsp3) is 0.138. The number of benzene rings is 3. The number of aromatic nitrogens is 1. The predicted octanol–water partition coefficient (Wildman–Crippen LogP) is 4.27. The Labute approximate surface area is 217 Å². The Kier molecular flexibility index (Phi) is 6.99. The highest BCUT2D eigenvalue weighted by Crippen LogP contribution is 2.25. The summed E-state index contributed by atoms with van der Waals surface area (Å²) in [6.45, 7) is 0.467. The summed E-state index contributed by atoms with van der Waals surface area (Å²) in [6, 6.07) is 20.8. The molecule has 1 aliphatic heterocycles. The highest BCUT2D eigenvalue weighted by molar-refractivity contribution is 5.97. The highest BCUT2D eigenvalue weighted by atomic mass is 19.1. The van der Waals surface area contributed by atoms with E-state index in [2.05, 4.69) is 0 Å². The molecule has 0 bridgehead atoms. The van der Waals surface area contributed by atoms with Crippen molar-refractivity contribution in [2.24, 2.45) is 0 Å². The van der Waals surface area contributed by atoms with Crippen molar-refractivity contribution in [3.8, 4) is 5.75 Å². The van der Waals surface area contributed by atoms with Crippen LogP contribution in [-0.4, -0.2) is 28.4 Å². The fourth-order valence-corrected chi connectivity index (χ4v) is 4.30. The molecule has 1 aromatic heterocycles. The van der Waals surface area contributed by atoms with Crippen LogP contribution in [0.4, 0.5) is 8.78 Å². The molecule has 0 saturated heterocycles. The lowest BCUT2D eigenvalue weighted by molar-refractivity contribution is 0.0667. The molecule has 192 valence electrons. The third kappa shape index (κ3) is 5.17. The zero-order chi connectivity index (χ0) is 26.6. The van der Waals surface area contributed by atoms with Crippen LogP contribution < -0.4 is 15.2 Å². The number of fused-ring (bicyclic) bond motifs is 1. The number of rotatable bonds is 8. The first-order valence-corrected chi connectivity index (χ1v) is 11.9. The number of halogens is 2. The zero-order valence-corrected chi connectivity index (χ0v) is 20.2. The van der Waals surface area contributed by atoms with Crippen LogP contribution in [0.1, 0.15) is 37.5 Å². The Hall–Kier alpha value is -4.79. The van der Waals surface area contributed by atoms with Gasteiger partial charge >= 0.3 is 0 Å². The van der Waals surface area contributed by atoms with Crippen LogP contribution in [0.2, 0.25) is 0 Å². The lowest BCUT2D eigenvalue weighted by atomic mass is 10.1. The molecule has 5 rings (SSSR count). The maximum absolute atomic E-state index is 13.8. The molecule has 0 N–H and O–H groups in total. The van der Waals surface area contributed by atoms with Crippen LogP contribution >= 0.6 is 0 Å². The third-order valence-corrected chi connectivity index (χ3v) is 6.22. The molecule has 0 radical (unpaired) electrons. The van der Waals surface area contributed by atoms with Gasteiger partial charge in [0.25, 0.3) is 5.91 Å². The average Bonchev–Trinajstić information content (AvgIpc) is 2.93. The zero-order valence-electron chi connectivity index (χ0n) is 20.2. The smallest absolute Gasteiger partial charge is 0.278 e. The van der Waals surface area contributed by atoms with Gasteiger partial charge in [-0.15, -0.1) is 0 Å². The monoisotopic (exact) mass is 515 g/mol. The second-order valence-electron chi connectivity index (χ2n) is 8.89. The van der Waals surface area contributed by atoms with Crippen LogP contribution in [0.25, 0.3) is 0 Å². The minimum atomic E-state index is -0.694. The first-order valence-electron chi connectivity index (χ1n) is 11.9. The summed E-state index contributed by atoms with van der Waals surface area (Å²) in [6.07, 6.45) is 1.74. The van der Waals surface area contributed by atoms with Gasteiger partial charge in [0, 0.05) is 12.7 Å². The number of hydrogen-bond donors (Lipinski definition) is 0. The summed E-state index contributed by atoms with van der Waals surface area (Å²) in [5, 5.41) is 1.75. The minimum Gasteiger partial charge on any atom is -0.482 e. The minimum absolute atomic E-state index is 0.00853. The van der Waals surface area contributed by atoms with Crippen molar-refractivity contribution < 1.29 is 23.1 Å². The van der Waals surface area contributed by atoms with E-state index in [0.717, 1.165) is 11.1 Å². The quantitative estimate of drug-likeness (QED) is 0.328. The molecule has 0 atom stereocenters. The maximum Gasteiger partial charge on any atom is 0.278 e. The Bertz CT molecular complexity index is 1520. The van der Waals surface area contributed by atoms with Crippen LogP contribution in [0.5, 0.6) is 5.75 Å². The van der Waals surface area contributed by atoms with Crippen LogP contribution in [-0.2, 0) is 19.7 Å². The molecule has 0 unspecified atom stereocenters. The molecule has 2 heterocycles. The molecule has 0 saturated carbocycles. The second kappa shape index (κ2) is 10.7. The van der Waals surface area contributed by atoms with Gasteiger partial charge in [-0.1, -0.05) is 54.6 Å². The number of pyridine rings is 1. The standard InChI is InChI=1S/C29H23F2N3O4/c30-24-10-6-20(7-11-24)14-32-19-33(15-21-8-12-25(31)13-9-21)34-16-23(17-35)27(36)28(26(34)29(32)37)38-18-22-4-2-1-3-5-22/h1-13,16-17H,14-15,18-19H2. The number of nitrogens with zero attached hydrogens (tertiary/aromatic N) is 3. The first-order chi connectivity index (χ1) is 18.4. The van der Waals surface area contributed by atoms with E-state index in [-0.39, 0.29) is 49.2 Å². The Morgan fingerprint density at radius 3 is 2.00 bits per heavy atom. The van der Waals surface area contributed by atoms with Crippen molar-refractivity contribution in [1.82, 2.24) is 9.58 Å². The first kappa shape index (κ1) is 24.9. The van der Waals surface area contributed by atoms with E-state index in [9.17, 15) is 23.2 Å². The van der Waals surface area contributed by atoms with Gasteiger partial charge < -0.3 is 9.64 Å². The maximum atomic E-state index is 13.8. The van der Waals surface area contributed by atoms with Crippen molar-refractivity contribution in [2.45, 2.75) is 19.7 Å². The van der Waals surface area contributed by atoms with Crippen molar-refractivity contribution in [2.75, 3.05) is 11.7 Å². The summed E-state index contributed by atoms with van der Waals surface area (Å²) in [4.78, 5) is 40.3. The van der Waals surface area contributed by atoms with Gasteiger partial charge in [-0.25, -0.2) is 8.78 Å². The molecule has 38 heavy (non-hydrogen) atoms. The van der Waals surface area contributed by atoms with Crippen molar-refractivity contribution >= 4 is 12.2 Å². The Morgan fingerprint density at radius 1 is 0.789 bits per heavy atom. The normalized spacial score (nSPS) is 12.8. The van der Waals surface area contributed by atoms with Gasteiger partial charge in [0.05, 0.1) is 12.1 Å². The van der Waals surface area contributed by atoms with Gasteiger partial charge in [0.15, 0.2) is 17.7 Å². The van der Waals surface area contributed by atoms with Crippen LogP contribution in [0.15, 0.2) is 89.9 Å². The average molecular weight is 516 g/mol. The van der Waals surface area contributed by atoms with Crippen molar-refractivity contribution in [3.05, 3.63) is 135 Å². The van der Waals surface area contributed by atoms with E-state index in [4.69, 9.17) is 4.74 Å². The molecule has 0 fully saturated rings. The molecule has 1 aliphatic rings. The number of aldehydes is 1. The van der Waals surface area contributed by atoms with E-state index in [0.29, 0.717) is 11.8 Å². The van der Waals surface area contributed by atoms with Crippen LogP contribution in [0, 0.1) is 11.6 Å². The number of carbonyl (C=O) groups excluding carboxylic acids is 2. The van der Waals surface area contributed by atoms with E-state index in [1.807, 2.05) is 30.3 Å². The van der Waals surface area contributed by atoms with Gasteiger partial charge in [-0.05, 0) is 41.0 Å². The summed E-state index contributed by atoms with van der Waals surface area (Å²) in [5.41, 5.74) is 1.31. The lowest BCUT2D eigenvalue weighted by Gasteiger charge is -2.40. The fourth-order valence-electron chi connectivity index (χ4n) is 4.30. The molecule has 0 aliphatic carbocycles. The molecular formula is C29H23F2N3O4. The molecular weight excluding hydrogens is 492 g/mol. The number of ether oxygens (including phenoxy) is 1. The van der Waals surface area contributed by atoms with E-state index >= 15 is 0 Å². The van der Waals surface area contributed by atoms with E-state index < -0.39 is 17.2 Å². The molecule has 3 aromatic carbocycles. The summed E-state index contributed by atoms with van der Waals surface area (Å²) in [5.74, 6) is -1.50. The van der Waals surface area contributed by atoms with Gasteiger partial charge in [0.2, 0.25) is 5.43 Å². The third-order valence-electron chi connectivity index (χ3n) is 6.22. The van der Waals surface area contributed by atoms with Crippen molar-refractivity contribution in [3.63, 3.8) is 0 Å². The SMILES string of the molecule is O=Cc1cn2c(c(OCc3ccccc3)c1=O)C(=O)N(Cc1ccc(F)cc1)CN2Cc1ccc(F)cc1. The predicted molar refractivity (Wildman–Crippen MR) is 136 cm³/mol. The lowest BCUT2D eigenvalue weighted by Crippen LogP contribution is -2.53. The van der Waals surface area contributed by atoms with Crippen molar-refractivity contribution in [1.29, 1.82) is 0 Å². The molecule has 1 amide bonds. The summed E-state index contributed by atoms with van der Waals surface area (Å²) in [7, 11) is 0. The number of carbonyl (C=O) groups is 2. The summed E-state index contributed by atoms with van der Waals surface area (Å²) < 4.78 is 34.3. The van der Waals surface area contributed by atoms with E-state index in [1.165, 1.54) is 40.0 Å². The highest BCUT2D eigenvalue weighted by Gasteiger charge is 2.34. The Balaban J connectivity index is 1.58. The molecule has 9 heteroatoms. The van der Waals surface area contributed by atoms with Crippen LogP contribution in [0.3, 0.4) is 0 Å².